The third kappa shape index (κ3) is 6.39. The number of allylic oxidation sites excluding steroid dienone is 1. The summed E-state index contributed by atoms with van der Waals surface area (Å²) in [6.07, 6.45) is 1.27. The van der Waals surface area contributed by atoms with Gasteiger partial charge in [-0.25, -0.2) is 14.6 Å². The zero-order valence-electron chi connectivity index (χ0n) is 23.4. The molecule has 1 N–H and O–H groups in total. The number of benzene rings is 2. The largest absolute Gasteiger partial charge is 0.502 e. The van der Waals surface area contributed by atoms with E-state index in [9.17, 15) is 29.6 Å². The van der Waals surface area contributed by atoms with E-state index in [1.54, 1.807) is 39.0 Å². The van der Waals surface area contributed by atoms with Crippen molar-refractivity contribution >= 4 is 46.6 Å². The van der Waals surface area contributed by atoms with Gasteiger partial charge in [-0.3, -0.25) is 19.5 Å². The number of hydrogen-bond acceptors (Lipinski definition) is 12. The average Bonchev–Trinajstić information content (AvgIpc) is 3.27. The van der Waals surface area contributed by atoms with Crippen LogP contribution >= 0.6 is 22.9 Å². The molecule has 0 saturated heterocycles. The molecule has 0 aliphatic carbocycles. The third-order valence-electron chi connectivity index (χ3n) is 6.24. The van der Waals surface area contributed by atoms with Gasteiger partial charge < -0.3 is 24.1 Å². The van der Waals surface area contributed by atoms with Gasteiger partial charge in [0.2, 0.25) is 5.75 Å². The predicted molar refractivity (Wildman–Crippen MR) is 155 cm³/mol. The molecule has 226 valence electrons. The van der Waals surface area contributed by atoms with Crippen LogP contribution < -0.4 is 24.4 Å². The number of phenols is 1. The van der Waals surface area contributed by atoms with Gasteiger partial charge in [0.15, 0.2) is 22.9 Å². The minimum atomic E-state index is -1.02. The maximum absolute atomic E-state index is 13.9. The fourth-order valence-corrected chi connectivity index (χ4v) is 5.64. The van der Waals surface area contributed by atoms with Gasteiger partial charge in [-0.15, -0.1) is 0 Å². The quantitative estimate of drug-likeness (QED) is 0.199. The van der Waals surface area contributed by atoms with E-state index in [1.807, 2.05) is 0 Å². The summed E-state index contributed by atoms with van der Waals surface area (Å²) in [6, 6.07) is 6.01. The van der Waals surface area contributed by atoms with Crippen LogP contribution in [0.2, 0.25) is 5.02 Å². The summed E-state index contributed by atoms with van der Waals surface area (Å²) in [7, 11) is 1.23. The normalized spacial score (nSPS) is 14.5. The highest BCUT2D eigenvalue weighted by Crippen LogP contribution is 2.37. The number of rotatable bonds is 10. The molecular formula is C28H26ClN3O10S. The number of aromatic hydroxyl groups is 1. The number of nitrogens with zero attached hydrogens (tertiary/aromatic N) is 3. The van der Waals surface area contributed by atoms with Crippen molar-refractivity contribution < 1.29 is 38.6 Å². The van der Waals surface area contributed by atoms with E-state index in [0.29, 0.717) is 11.3 Å². The van der Waals surface area contributed by atoms with Crippen LogP contribution in [0.3, 0.4) is 0 Å². The molecule has 0 spiro atoms. The zero-order valence-corrected chi connectivity index (χ0v) is 25.0. The summed E-state index contributed by atoms with van der Waals surface area (Å²) in [5.74, 6) is -1.46. The molecule has 1 aliphatic heterocycles. The van der Waals surface area contributed by atoms with Crippen LogP contribution in [0.15, 0.2) is 51.4 Å². The van der Waals surface area contributed by atoms with Gasteiger partial charge in [-0.05, 0) is 50.6 Å². The van der Waals surface area contributed by atoms with Gasteiger partial charge in [-0.1, -0.05) is 29.0 Å². The number of methoxy groups -OCH3 is 1. The Labute approximate surface area is 253 Å². The summed E-state index contributed by atoms with van der Waals surface area (Å²) in [5, 5.41) is 21.9. The van der Waals surface area contributed by atoms with Gasteiger partial charge in [0, 0.05) is 16.7 Å². The summed E-state index contributed by atoms with van der Waals surface area (Å²) in [6.45, 7) is 4.96. The van der Waals surface area contributed by atoms with Crippen LogP contribution in [0.1, 0.15) is 37.9 Å². The van der Waals surface area contributed by atoms with Crippen LogP contribution in [-0.4, -0.2) is 53.5 Å². The highest BCUT2D eigenvalue weighted by Gasteiger charge is 2.34. The predicted octanol–water partition coefficient (Wildman–Crippen LogP) is 3.02. The van der Waals surface area contributed by atoms with Crippen molar-refractivity contribution in [1.82, 2.24) is 4.57 Å². The smallest absolute Gasteiger partial charge is 0.343 e. The maximum Gasteiger partial charge on any atom is 0.343 e. The molecule has 15 heteroatoms. The first-order valence-electron chi connectivity index (χ1n) is 12.8. The molecule has 1 atom stereocenters. The topological polar surface area (TPSA) is 169 Å². The fourth-order valence-electron chi connectivity index (χ4n) is 4.38. The molecule has 43 heavy (non-hydrogen) atoms. The monoisotopic (exact) mass is 631 g/mol. The van der Waals surface area contributed by atoms with Gasteiger partial charge in [0.05, 0.1) is 47.1 Å². The first kappa shape index (κ1) is 31.3. The lowest BCUT2D eigenvalue weighted by atomic mass is 9.95. The van der Waals surface area contributed by atoms with E-state index in [0.717, 1.165) is 17.4 Å². The van der Waals surface area contributed by atoms with E-state index < -0.39 is 39.9 Å². The molecule has 0 fully saturated rings. The Morgan fingerprint density at radius 3 is 2.58 bits per heavy atom. The van der Waals surface area contributed by atoms with Crippen molar-refractivity contribution in [2.24, 2.45) is 4.99 Å². The Morgan fingerprint density at radius 2 is 1.93 bits per heavy atom. The standard InChI is InChI=1S/C28H26ClN3O10S/c1-5-40-20-10-15(7-8-19(20)42-13-22(33)39-4)24-23(27(36)41-6-2)14(3)30-28-31(24)26(35)21(43-28)11-16-9-17(29)12-18(25(16)34)32(37)38/h7-12,24,34H,5-6,13H2,1-4H3/b21-11-/t24-/m1/s1. The lowest BCUT2D eigenvalue weighted by Gasteiger charge is -2.25. The first-order chi connectivity index (χ1) is 20.5. The number of carbonyl (C=O) groups excluding carboxylic acids is 2. The third-order valence-corrected chi connectivity index (χ3v) is 7.44. The van der Waals surface area contributed by atoms with Crippen molar-refractivity contribution in [3.63, 3.8) is 0 Å². The van der Waals surface area contributed by atoms with Crippen molar-refractivity contribution in [2.45, 2.75) is 26.8 Å². The Bertz CT molecular complexity index is 1830. The number of fused-ring (bicyclic) bond motifs is 1. The second kappa shape index (κ2) is 13.1. The lowest BCUT2D eigenvalue weighted by molar-refractivity contribution is -0.385. The van der Waals surface area contributed by atoms with Crippen LogP contribution in [0.25, 0.3) is 6.08 Å². The molecule has 0 radical (unpaired) electrons. The lowest BCUT2D eigenvalue weighted by Crippen LogP contribution is -2.40. The summed E-state index contributed by atoms with van der Waals surface area (Å²) < 4.78 is 22.6. The van der Waals surface area contributed by atoms with Gasteiger partial charge >= 0.3 is 17.6 Å². The molecule has 4 rings (SSSR count). The number of esters is 2. The first-order valence-corrected chi connectivity index (χ1v) is 14.0. The molecule has 1 aromatic heterocycles. The number of nitro groups is 1. The number of halogens is 1. The molecule has 0 unspecified atom stereocenters. The Morgan fingerprint density at radius 1 is 1.19 bits per heavy atom. The molecule has 0 amide bonds. The van der Waals surface area contributed by atoms with E-state index in [-0.39, 0.29) is 56.8 Å². The van der Waals surface area contributed by atoms with Crippen LogP contribution in [0, 0.1) is 10.1 Å². The van der Waals surface area contributed by atoms with Gasteiger partial charge in [-0.2, -0.15) is 0 Å². The minimum Gasteiger partial charge on any atom is -0.502 e. The second-order valence-corrected chi connectivity index (χ2v) is 10.4. The van der Waals surface area contributed by atoms with E-state index in [1.165, 1.54) is 23.8 Å². The number of aromatic nitrogens is 1. The number of carbonyl (C=O) groups is 2. The van der Waals surface area contributed by atoms with Gasteiger partial charge in [0.1, 0.15) is 0 Å². The number of nitro benzene ring substituents is 1. The Balaban J connectivity index is 1.94. The molecule has 1 aliphatic rings. The highest BCUT2D eigenvalue weighted by atomic mass is 35.5. The average molecular weight is 632 g/mol. The highest BCUT2D eigenvalue weighted by molar-refractivity contribution is 7.07. The fraction of sp³-hybridized carbons (Fsp3) is 0.286. The van der Waals surface area contributed by atoms with E-state index in [4.69, 9.17) is 25.8 Å². The maximum atomic E-state index is 13.9. The van der Waals surface area contributed by atoms with Crippen molar-refractivity contribution in [3.05, 3.63) is 87.6 Å². The summed E-state index contributed by atoms with van der Waals surface area (Å²) in [4.78, 5) is 54.0. The molecule has 3 aromatic rings. The summed E-state index contributed by atoms with van der Waals surface area (Å²) >= 11 is 7.00. The molecule has 2 heterocycles. The second-order valence-electron chi connectivity index (χ2n) is 8.93. The number of phenolic OH excluding ortho intramolecular Hbond substituents is 1. The van der Waals surface area contributed by atoms with Crippen LogP contribution in [-0.2, 0) is 19.1 Å². The van der Waals surface area contributed by atoms with E-state index in [2.05, 4.69) is 9.73 Å². The van der Waals surface area contributed by atoms with Crippen LogP contribution in [0.4, 0.5) is 5.69 Å². The van der Waals surface area contributed by atoms with Crippen molar-refractivity contribution in [2.75, 3.05) is 26.9 Å². The number of ether oxygens (including phenoxy) is 4. The molecule has 13 nitrogen and oxygen atoms in total. The van der Waals surface area contributed by atoms with Crippen LogP contribution in [0.5, 0.6) is 17.2 Å². The Kier molecular flexibility index (Phi) is 9.51. The zero-order chi connectivity index (χ0) is 31.4. The number of thiazole rings is 1. The molecule has 2 aromatic carbocycles. The Hall–Kier alpha value is -4.69. The van der Waals surface area contributed by atoms with Crippen molar-refractivity contribution in [1.29, 1.82) is 0 Å². The van der Waals surface area contributed by atoms with Crippen molar-refractivity contribution in [3.8, 4) is 17.2 Å². The minimum absolute atomic E-state index is 0.0141. The summed E-state index contributed by atoms with van der Waals surface area (Å²) in [5.41, 5.74) is -0.403. The molecular weight excluding hydrogens is 606 g/mol. The molecule has 0 saturated carbocycles. The molecule has 0 bridgehead atoms. The van der Waals surface area contributed by atoms with E-state index >= 15 is 0 Å². The SMILES string of the molecule is CCOC(=O)C1=C(C)N=c2s/c(=C\c3cc(Cl)cc([N+](=O)[O-])c3O)c(=O)n2[C@@H]1c1ccc(OCC(=O)OC)c(OCC)c1. The van der Waals surface area contributed by atoms with Gasteiger partial charge in [0.25, 0.3) is 5.56 Å². The number of hydrogen-bond donors (Lipinski definition) is 1.